The van der Waals surface area contributed by atoms with Gasteiger partial charge in [-0.1, -0.05) is 13.5 Å². The van der Waals surface area contributed by atoms with Gasteiger partial charge in [0.25, 0.3) is 0 Å². The maximum Gasteiger partial charge on any atom is 0.387 e. The third-order valence-corrected chi connectivity index (χ3v) is 4.77. The highest BCUT2D eigenvalue weighted by Gasteiger charge is 2.17. The summed E-state index contributed by atoms with van der Waals surface area (Å²) in [5.41, 5.74) is 6.62. The zero-order valence-electron chi connectivity index (χ0n) is 18.2. The molecule has 3 rings (SSSR count). The lowest BCUT2D eigenvalue weighted by molar-refractivity contribution is -0.0498. The number of hydrogen-bond acceptors (Lipinski definition) is 6. The zero-order valence-corrected chi connectivity index (χ0v) is 18.2. The number of benzene rings is 1. The lowest BCUT2D eigenvalue weighted by Gasteiger charge is -2.12. The maximum absolute atomic E-state index is 14.7. The first-order valence-corrected chi connectivity index (χ1v) is 9.87. The topological polar surface area (TPSA) is 90.9 Å². The van der Waals surface area contributed by atoms with E-state index in [1.54, 1.807) is 13.8 Å². The normalized spacial score (nSPS) is 12.8. The number of hydrogen-bond donors (Lipinski definition) is 2. The van der Waals surface area contributed by atoms with Crippen molar-refractivity contribution in [3.8, 4) is 11.7 Å². The second-order valence-electron chi connectivity index (χ2n) is 7.05. The summed E-state index contributed by atoms with van der Waals surface area (Å²) in [6.45, 7) is 5.99. The average Bonchev–Trinajstić information content (AvgIpc) is 3.04. The molecular weight excluding hydrogens is 440 g/mol. The highest BCUT2D eigenvalue weighted by atomic mass is 19.3. The number of nitrogens with one attached hydrogen (secondary N) is 1. The first kappa shape index (κ1) is 23.8. The van der Waals surface area contributed by atoms with E-state index in [9.17, 15) is 17.6 Å². The smallest absolute Gasteiger partial charge is 0.387 e. The van der Waals surface area contributed by atoms with Crippen LogP contribution in [0.4, 0.5) is 34.9 Å². The molecule has 7 nitrogen and oxygen atoms in total. The van der Waals surface area contributed by atoms with E-state index in [0.717, 1.165) is 0 Å². The highest BCUT2D eigenvalue weighted by Crippen LogP contribution is 2.24. The van der Waals surface area contributed by atoms with Crippen molar-refractivity contribution in [1.29, 1.82) is 0 Å². The molecule has 11 heteroatoms. The quantitative estimate of drug-likeness (QED) is 0.518. The standard InChI is InChI=1S/C22H22F4N6O/c1-5-11(2)16(23)10-17-12(3)28-13(4)32(17)22-30-19(27)18(24)20(31-22)29-14-6-8-15(9-7-14)33-21(25)26/h6-10,21H,3,5H2,1-2,4H3,(H3,27,29,30,31). The second-order valence-corrected chi connectivity index (χ2v) is 7.05. The summed E-state index contributed by atoms with van der Waals surface area (Å²) < 4.78 is 59.5. The fourth-order valence-electron chi connectivity index (χ4n) is 2.91. The molecule has 2 heterocycles. The number of halogens is 4. The Morgan fingerprint density at radius 1 is 1.24 bits per heavy atom. The van der Waals surface area contributed by atoms with E-state index in [2.05, 4.69) is 31.6 Å². The Hall–Kier alpha value is -3.89. The van der Waals surface area contributed by atoms with Crippen LogP contribution in [0.1, 0.15) is 26.1 Å². The first-order valence-electron chi connectivity index (χ1n) is 9.87. The molecule has 2 aromatic heterocycles. The number of nitrogens with two attached hydrogens (primary N) is 1. The molecule has 3 aromatic rings. The molecule has 3 N–H and O–H groups in total. The summed E-state index contributed by atoms with van der Waals surface area (Å²) in [4.78, 5) is 12.4. The van der Waals surface area contributed by atoms with Crippen molar-refractivity contribution < 1.29 is 22.3 Å². The molecule has 0 amide bonds. The summed E-state index contributed by atoms with van der Waals surface area (Å²) in [5, 5.41) is 3.29. The molecule has 0 saturated heterocycles. The summed E-state index contributed by atoms with van der Waals surface area (Å²) in [5.74, 6) is -1.83. The summed E-state index contributed by atoms with van der Waals surface area (Å²) in [6.07, 6.45) is 1.77. The molecule has 0 bridgehead atoms. The minimum absolute atomic E-state index is 0.0536. The van der Waals surface area contributed by atoms with Crippen molar-refractivity contribution in [2.75, 3.05) is 11.1 Å². The van der Waals surface area contributed by atoms with Crippen LogP contribution in [0.25, 0.3) is 18.6 Å². The van der Waals surface area contributed by atoms with Gasteiger partial charge in [-0.25, -0.2) is 9.37 Å². The fourth-order valence-corrected chi connectivity index (χ4v) is 2.91. The lowest BCUT2D eigenvalue weighted by Crippen LogP contribution is -2.30. The van der Waals surface area contributed by atoms with Gasteiger partial charge in [0, 0.05) is 11.8 Å². The largest absolute Gasteiger partial charge is 0.435 e. The fraction of sp³-hybridized carbons (Fsp3) is 0.227. The number of rotatable bonds is 7. The van der Waals surface area contributed by atoms with Gasteiger partial charge in [-0.2, -0.15) is 23.1 Å². The number of nitrogen functional groups attached to an aromatic ring is 1. The minimum atomic E-state index is -2.96. The Labute approximate surface area is 187 Å². The summed E-state index contributed by atoms with van der Waals surface area (Å²) >= 11 is 0. The van der Waals surface area contributed by atoms with Crippen molar-refractivity contribution in [3.63, 3.8) is 0 Å². The number of nitrogens with zero attached hydrogens (tertiary/aromatic N) is 4. The predicted molar refractivity (Wildman–Crippen MR) is 118 cm³/mol. The Balaban J connectivity index is 2.08. The Morgan fingerprint density at radius 2 is 1.91 bits per heavy atom. The van der Waals surface area contributed by atoms with Crippen molar-refractivity contribution in [2.24, 2.45) is 0 Å². The van der Waals surface area contributed by atoms with E-state index in [1.807, 2.05) is 6.92 Å². The van der Waals surface area contributed by atoms with E-state index in [1.165, 1.54) is 34.9 Å². The van der Waals surface area contributed by atoms with E-state index >= 15 is 0 Å². The molecule has 174 valence electrons. The SMILES string of the molecule is C=c1nc(C)n(-c2nc(N)c(F)c(Nc3ccc(OC(F)F)cc3)n2)c1=CC(F)=C(C)CC. The molecule has 0 spiro atoms. The van der Waals surface area contributed by atoms with Crippen LogP contribution in [0.15, 0.2) is 35.7 Å². The van der Waals surface area contributed by atoms with E-state index < -0.39 is 24.1 Å². The first-order chi connectivity index (χ1) is 15.6. The maximum atomic E-state index is 14.7. The van der Waals surface area contributed by atoms with Crippen LogP contribution in [0.3, 0.4) is 0 Å². The number of anilines is 3. The van der Waals surface area contributed by atoms with Crippen LogP contribution in [-0.2, 0) is 0 Å². The number of aromatic nitrogens is 4. The van der Waals surface area contributed by atoms with Crippen LogP contribution in [0.5, 0.6) is 5.75 Å². The van der Waals surface area contributed by atoms with Crippen molar-refractivity contribution in [1.82, 2.24) is 19.5 Å². The number of aryl methyl sites for hydroxylation is 1. The van der Waals surface area contributed by atoms with Gasteiger partial charge in [0.1, 0.15) is 17.4 Å². The third-order valence-electron chi connectivity index (χ3n) is 4.77. The molecule has 0 aliphatic heterocycles. The zero-order chi connectivity index (χ0) is 24.3. The Kier molecular flexibility index (Phi) is 7.00. The third kappa shape index (κ3) is 5.30. The number of ether oxygens (including phenoxy) is 1. The molecule has 0 aliphatic carbocycles. The summed E-state index contributed by atoms with van der Waals surface area (Å²) in [6, 6.07) is 5.37. The van der Waals surface area contributed by atoms with Crippen LogP contribution in [0, 0.1) is 12.7 Å². The molecule has 0 unspecified atom stereocenters. The summed E-state index contributed by atoms with van der Waals surface area (Å²) in [7, 11) is 0. The molecule has 0 aliphatic rings. The van der Waals surface area contributed by atoms with Crippen molar-refractivity contribution >= 4 is 30.0 Å². The van der Waals surface area contributed by atoms with Gasteiger partial charge in [0.15, 0.2) is 11.6 Å². The number of alkyl halides is 2. The molecule has 1 aromatic carbocycles. The second kappa shape index (κ2) is 9.72. The van der Waals surface area contributed by atoms with Gasteiger partial charge in [0.05, 0.1) is 10.7 Å². The lowest BCUT2D eigenvalue weighted by atomic mass is 10.2. The van der Waals surface area contributed by atoms with Gasteiger partial charge in [0.2, 0.25) is 11.8 Å². The van der Waals surface area contributed by atoms with E-state index in [0.29, 0.717) is 23.5 Å². The number of allylic oxidation sites excluding steroid dienone is 2. The van der Waals surface area contributed by atoms with Crippen LogP contribution in [0.2, 0.25) is 0 Å². The van der Waals surface area contributed by atoms with Crippen LogP contribution >= 0.6 is 0 Å². The molecule has 33 heavy (non-hydrogen) atoms. The van der Waals surface area contributed by atoms with Crippen LogP contribution in [-0.4, -0.2) is 26.1 Å². The van der Waals surface area contributed by atoms with Gasteiger partial charge < -0.3 is 15.8 Å². The van der Waals surface area contributed by atoms with Gasteiger partial charge in [-0.3, -0.25) is 4.57 Å². The van der Waals surface area contributed by atoms with E-state index in [4.69, 9.17) is 5.73 Å². The highest BCUT2D eigenvalue weighted by molar-refractivity contribution is 5.61. The Morgan fingerprint density at radius 3 is 2.52 bits per heavy atom. The molecule has 0 atom stereocenters. The van der Waals surface area contributed by atoms with Crippen molar-refractivity contribution in [2.45, 2.75) is 33.8 Å². The van der Waals surface area contributed by atoms with Crippen molar-refractivity contribution in [3.05, 3.63) is 58.0 Å². The number of imidazole rings is 1. The molecule has 0 radical (unpaired) electrons. The van der Waals surface area contributed by atoms with Crippen LogP contribution < -0.4 is 26.5 Å². The average molecular weight is 462 g/mol. The van der Waals surface area contributed by atoms with Gasteiger partial charge in [-0.05, 0) is 50.1 Å². The van der Waals surface area contributed by atoms with E-state index in [-0.39, 0.29) is 28.2 Å². The van der Waals surface area contributed by atoms with Gasteiger partial charge in [-0.15, -0.1) is 0 Å². The molecule has 0 fully saturated rings. The molecule has 0 saturated carbocycles. The minimum Gasteiger partial charge on any atom is -0.435 e. The van der Waals surface area contributed by atoms with Gasteiger partial charge >= 0.3 is 6.61 Å². The molecular formula is C22H22F4N6O. The Bertz CT molecular complexity index is 1300. The predicted octanol–water partition coefficient (Wildman–Crippen LogP) is 3.88. The monoisotopic (exact) mass is 462 g/mol.